The number of hydrogen-bond acceptors (Lipinski definition) is 4. The van der Waals surface area contributed by atoms with Gasteiger partial charge in [-0.2, -0.15) is 0 Å². The molecule has 0 amide bonds. The number of furan rings is 1. The van der Waals surface area contributed by atoms with Crippen LogP contribution in [0.2, 0.25) is 0 Å². The van der Waals surface area contributed by atoms with Crippen LogP contribution < -0.4 is 0 Å². The Kier molecular flexibility index (Phi) is 9.13. The summed E-state index contributed by atoms with van der Waals surface area (Å²) in [5.41, 5.74) is 10.2. The number of benzene rings is 3. The quantitative estimate of drug-likeness (QED) is 0.170. The van der Waals surface area contributed by atoms with Crippen LogP contribution in [-0.2, 0) is 20.1 Å². The van der Waals surface area contributed by atoms with E-state index in [4.69, 9.17) is 4.42 Å². The predicted octanol–water partition coefficient (Wildman–Crippen LogP) is 9.19. The number of rotatable bonds is 4. The van der Waals surface area contributed by atoms with E-state index < -0.39 is 0 Å². The molecule has 4 heterocycles. The van der Waals surface area contributed by atoms with Crippen molar-refractivity contribution in [1.82, 2.24) is 15.0 Å². The molecule has 4 aromatic heterocycles. The van der Waals surface area contributed by atoms with Gasteiger partial charge in [0, 0.05) is 49.6 Å². The van der Waals surface area contributed by atoms with Crippen molar-refractivity contribution >= 4 is 11.0 Å². The SMILES string of the molecule is Cc1ccnc(-c2[c-]ccc(-c3ccc4oc(-c5ccccn5)c(C)c4c3)c2)c1.[Ir].[c-]1ccccc1-c1ccccn1. The van der Waals surface area contributed by atoms with Crippen LogP contribution in [0.25, 0.3) is 56.1 Å². The summed E-state index contributed by atoms with van der Waals surface area (Å²) in [6.07, 6.45) is 5.41. The van der Waals surface area contributed by atoms with Gasteiger partial charge in [-0.1, -0.05) is 35.9 Å². The zero-order valence-electron chi connectivity index (χ0n) is 23.2. The van der Waals surface area contributed by atoms with Crippen molar-refractivity contribution in [3.63, 3.8) is 0 Å². The Hall–Kier alpha value is -4.70. The third-order valence-electron chi connectivity index (χ3n) is 6.81. The molecule has 42 heavy (non-hydrogen) atoms. The van der Waals surface area contributed by atoms with E-state index in [2.05, 4.69) is 71.3 Å². The molecule has 0 aliphatic rings. The van der Waals surface area contributed by atoms with Crippen molar-refractivity contribution in [2.24, 2.45) is 0 Å². The minimum absolute atomic E-state index is 0. The van der Waals surface area contributed by atoms with E-state index in [1.54, 1.807) is 12.4 Å². The van der Waals surface area contributed by atoms with Crippen LogP contribution in [0.1, 0.15) is 11.1 Å². The molecule has 0 unspecified atom stereocenters. The predicted molar refractivity (Wildman–Crippen MR) is 165 cm³/mol. The molecule has 0 saturated carbocycles. The van der Waals surface area contributed by atoms with Gasteiger partial charge in [0.25, 0.3) is 0 Å². The standard InChI is InChI=1S/C26H19N2O.C11H8N.Ir/c1-17-11-13-28-24(14-17)21-7-5-6-19(15-21)20-9-10-25-22(16-20)18(2)26(29-25)23-8-3-4-12-27-23;1-2-6-10(7-3-1)11-8-4-5-9-12-11;/h3-6,8-16H,1-2H3;1-6,8-9H;/q2*-1;. The van der Waals surface area contributed by atoms with E-state index in [1.807, 2.05) is 85.1 Å². The number of pyridine rings is 3. The normalized spacial score (nSPS) is 10.4. The zero-order valence-corrected chi connectivity index (χ0v) is 25.6. The molecule has 5 heteroatoms. The summed E-state index contributed by atoms with van der Waals surface area (Å²) in [7, 11) is 0. The maximum atomic E-state index is 6.10. The summed E-state index contributed by atoms with van der Waals surface area (Å²) < 4.78 is 6.10. The van der Waals surface area contributed by atoms with E-state index in [0.29, 0.717) is 0 Å². The molecule has 0 fully saturated rings. The van der Waals surface area contributed by atoms with Crippen molar-refractivity contribution in [3.8, 4) is 45.1 Å². The van der Waals surface area contributed by atoms with Gasteiger partial charge in [0.05, 0.1) is 0 Å². The van der Waals surface area contributed by atoms with Crippen molar-refractivity contribution in [3.05, 3.63) is 151 Å². The Morgan fingerprint density at radius 1 is 0.571 bits per heavy atom. The number of aromatic nitrogens is 3. The Morgan fingerprint density at radius 3 is 2.00 bits per heavy atom. The molecule has 0 aliphatic carbocycles. The van der Waals surface area contributed by atoms with Crippen LogP contribution in [0.4, 0.5) is 0 Å². The topological polar surface area (TPSA) is 51.8 Å². The van der Waals surface area contributed by atoms with Gasteiger partial charge >= 0.3 is 0 Å². The van der Waals surface area contributed by atoms with Crippen LogP contribution in [0.15, 0.2) is 132 Å². The second-order valence-corrected chi connectivity index (χ2v) is 9.68. The second-order valence-electron chi connectivity index (χ2n) is 9.68. The molecular weight excluding hydrogens is 695 g/mol. The number of aryl methyl sites for hydroxylation is 2. The van der Waals surface area contributed by atoms with Crippen molar-refractivity contribution in [2.75, 3.05) is 0 Å². The minimum Gasteiger partial charge on any atom is -0.454 e. The Labute approximate surface area is 259 Å². The molecule has 7 aromatic rings. The van der Waals surface area contributed by atoms with Crippen molar-refractivity contribution in [2.45, 2.75) is 13.8 Å². The molecular formula is C37H27IrN3O-2. The minimum atomic E-state index is 0. The van der Waals surface area contributed by atoms with Gasteiger partial charge in [-0.05, 0) is 67.2 Å². The molecule has 4 nitrogen and oxygen atoms in total. The average Bonchev–Trinajstić information content (AvgIpc) is 3.38. The summed E-state index contributed by atoms with van der Waals surface area (Å²) >= 11 is 0. The monoisotopic (exact) mass is 722 g/mol. The third-order valence-corrected chi connectivity index (χ3v) is 6.81. The Morgan fingerprint density at radius 2 is 1.29 bits per heavy atom. The largest absolute Gasteiger partial charge is 0.454 e. The zero-order chi connectivity index (χ0) is 28.0. The maximum Gasteiger partial charge on any atom is 0.156 e. The second kappa shape index (κ2) is 13.3. The first-order chi connectivity index (χ1) is 20.2. The fourth-order valence-corrected chi connectivity index (χ4v) is 4.69. The molecule has 0 spiro atoms. The smallest absolute Gasteiger partial charge is 0.156 e. The molecule has 0 aliphatic heterocycles. The molecule has 0 saturated heterocycles. The van der Waals surface area contributed by atoms with Gasteiger partial charge in [-0.3, -0.25) is 4.98 Å². The Balaban J connectivity index is 0.000000228. The van der Waals surface area contributed by atoms with Gasteiger partial charge < -0.3 is 14.4 Å². The summed E-state index contributed by atoms with van der Waals surface area (Å²) in [6, 6.07) is 42.5. The van der Waals surface area contributed by atoms with Gasteiger partial charge in [0.1, 0.15) is 11.3 Å². The van der Waals surface area contributed by atoms with E-state index in [9.17, 15) is 0 Å². The fraction of sp³-hybridized carbons (Fsp3) is 0.0541. The molecule has 0 atom stereocenters. The summed E-state index contributed by atoms with van der Waals surface area (Å²) in [6.45, 7) is 4.16. The van der Waals surface area contributed by atoms with Gasteiger partial charge in [0.2, 0.25) is 0 Å². The van der Waals surface area contributed by atoms with Crippen LogP contribution in [-0.4, -0.2) is 15.0 Å². The first kappa shape index (κ1) is 28.8. The molecule has 207 valence electrons. The third kappa shape index (κ3) is 6.44. The van der Waals surface area contributed by atoms with E-state index in [0.717, 1.165) is 61.6 Å². The molecule has 0 N–H and O–H groups in total. The van der Waals surface area contributed by atoms with Crippen molar-refractivity contribution in [1.29, 1.82) is 0 Å². The fourth-order valence-electron chi connectivity index (χ4n) is 4.69. The summed E-state index contributed by atoms with van der Waals surface area (Å²) in [4.78, 5) is 13.1. The molecule has 3 aromatic carbocycles. The first-order valence-corrected chi connectivity index (χ1v) is 13.4. The number of hydrogen-bond donors (Lipinski definition) is 0. The van der Waals surface area contributed by atoms with Gasteiger partial charge in [0.15, 0.2) is 5.76 Å². The van der Waals surface area contributed by atoms with E-state index in [-0.39, 0.29) is 20.1 Å². The average molecular weight is 722 g/mol. The summed E-state index contributed by atoms with van der Waals surface area (Å²) in [5, 5.41) is 1.10. The van der Waals surface area contributed by atoms with Crippen LogP contribution >= 0.6 is 0 Å². The van der Waals surface area contributed by atoms with Crippen LogP contribution in [0.3, 0.4) is 0 Å². The molecule has 1 radical (unpaired) electrons. The Bertz CT molecular complexity index is 1870. The van der Waals surface area contributed by atoms with Crippen molar-refractivity contribution < 1.29 is 24.5 Å². The first-order valence-electron chi connectivity index (χ1n) is 13.4. The van der Waals surface area contributed by atoms with Gasteiger partial charge in [-0.25, -0.2) is 0 Å². The van der Waals surface area contributed by atoms with Crippen LogP contribution in [0.5, 0.6) is 0 Å². The van der Waals surface area contributed by atoms with E-state index >= 15 is 0 Å². The van der Waals surface area contributed by atoms with Crippen LogP contribution in [0, 0.1) is 26.0 Å². The molecule has 0 bridgehead atoms. The number of nitrogens with zero attached hydrogens (tertiary/aromatic N) is 3. The molecule has 7 rings (SSSR count). The number of fused-ring (bicyclic) bond motifs is 1. The summed E-state index contributed by atoms with van der Waals surface area (Å²) in [5.74, 6) is 0.823. The van der Waals surface area contributed by atoms with Gasteiger partial charge in [-0.15, -0.1) is 71.3 Å². The maximum absolute atomic E-state index is 6.10. The van der Waals surface area contributed by atoms with E-state index in [1.165, 1.54) is 5.56 Å².